The molecule has 1 amide bonds. The van der Waals surface area contributed by atoms with E-state index in [1.807, 2.05) is 12.1 Å². The van der Waals surface area contributed by atoms with E-state index < -0.39 is 23.6 Å². The zero-order valence-corrected chi connectivity index (χ0v) is 19.0. The first-order chi connectivity index (χ1) is 17.4. The number of nitrogens with zero attached hydrogens (tertiary/aromatic N) is 3. The van der Waals surface area contributed by atoms with Crippen molar-refractivity contribution in [3.05, 3.63) is 95.6 Å². The lowest BCUT2D eigenvalue weighted by Crippen LogP contribution is -2.30. The number of benzene rings is 3. The van der Waals surface area contributed by atoms with Crippen LogP contribution in [0.25, 0.3) is 11.1 Å². The standard InChI is InChI=1S/C26H22F3N5O2/c27-26(28,29)22-8-4-7-21(17-5-2-1-3-6-17)24(22)36-25(35)32-20-10-9-19-14-34(12-11-18(19)13-20)15-23-30-16-31-33-23/h1-10,13,16H,11-12,14-15H2,(H,32,35)(H,30,31,33). The summed E-state index contributed by atoms with van der Waals surface area (Å²) in [6, 6.07) is 17.6. The molecule has 0 radical (unpaired) electrons. The minimum absolute atomic E-state index is 0.179. The van der Waals surface area contributed by atoms with Gasteiger partial charge >= 0.3 is 12.3 Å². The zero-order valence-electron chi connectivity index (χ0n) is 19.0. The first-order valence-corrected chi connectivity index (χ1v) is 11.3. The number of amides is 1. The lowest BCUT2D eigenvalue weighted by Gasteiger charge is -2.28. The number of carbonyl (C=O) groups is 1. The molecule has 0 saturated heterocycles. The number of aromatic amines is 1. The Kier molecular flexibility index (Phi) is 6.43. The molecule has 3 aromatic carbocycles. The molecule has 2 N–H and O–H groups in total. The third-order valence-electron chi connectivity index (χ3n) is 5.98. The maximum atomic E-state index is 13.7. The van der Waals surface area contributed by atoms with Gasteiger partial charge in [0.15, 0.2) is 5.75 Å². The molecule has 1 aromatic heterocycles. The first kappa shape index (κ1) is 23.6. The number of hydrogen-bond donors (Lipinski definition) is 2. The predicted molar refractivity (Wildman–Crippen MR) is 127 cm³/mol. The molecule has 0 bridgehead atoms. The Morgan fingerprint density at radius 1 is 1.06 bits per heavy atom. The molecule has 0 atom stereocenters. The highest BCUT2D eigenvalue weighted by molar-refractivity contribution is 5.88. The SMILES string of the molecule is O=C(Nc1ccc2c(c1)CCN(Cc1ncn[nH]1)C2)Oc1c(-c2ccccc2)cccc1C(F)(F)F. The highest BCUT2D eigenvalue weighted by Crippen LogP contribution is 2.42. The Morgan fingerprint density at radius 2 is 1.89 bits per heavy atom. The summed E-state index contributed by atoms with van der Waals surface area (Å²) in [5.41, 5.74) is 2.29. The molecule has 2 heterocycles. The molecule has 36 heavy (non-hydrogen) atoms. The fourth-order valence-corrected chi connectivity index (χ4v) is 4.29. The van der Waals surface area contributed by atoms with Crippen LogP contribution in [-0.4, -0.2) is 32.7 Å². The van der Waals surface area contributed by atoms with Crippen LogP contribution in [-0.2, 0) is 25.7 Å². The van der Waals surface area contributed by atoms with Crippen molar-refractivity contribution >= 4 is 11.8 Å². The Hall–Kier alpha value is -4.18. The fourth-order valence-electron chi connectivity index (χ4n) is 4.29. The second kappa shape index (κ2) is 9.82. The van der Waals surface area contributed by atoms with E-state index in [2.05, 4.69) is 25.4 Å². The van der Waals surface area contributed by atoms with Crippen molar-refractivity contribution in [2.24, 2.45) is 0 Å². The van der Waals surface area contributed by atoms with Gasteiger partial charge in [0, 0.05) is 24.3 Å². The number of para-hydroxylation sites is 1. The monoisotopic (exact) mass is 493 g/mol. The Balaban J connectivity index is 1.33. The third kappa shape index (κ3) is 5.23. The Labute approximate surface area is 204 Å². The van der Waals surface area contributed by atoms with Gasteiger partial charge in [0.1, 0.15) is 12.2 Å². The Morgan fingerprint density at radius 3 is 2.64 bits per heavy atom. The highest BCUT2D eigenvalue weighted by atomic mass is 19.4. The van der Waals surface area contributed by atoms with Gasteiger partial charge < -0.3 is 4.74 Å². The summed E-state index contributed by atoms with van der Waals surface area (Å²) < 4.78 is 46.5. The van der Waals surface area contributed by atoms with E-state index in [-0.39, 0.29) is 5.56 Å². The van der Waals surface area contributed by atoms with E-state index in [1.165, 1.54) is 18.5 Å². The van der Waals surface area contributed by atoms with Gasteiger partial charge in [-0.3, -0.25) is 15.3 Å². The van der Waals surface area contributed by atoms with Crippen molar-refractivity contribution in [2.45, 2.75) is 25.7 Å². The van der Waals surface area contributed by atoms with Crippen LogP contribution < -0.4 is 10.1 Å². The average Bonchev–Trinajstić information content (AvgIpc) is 3.37. The Bertz CT molecular complexity index is 1360. The van der Waals surface area contributed by atoms with Gasteiger partial charge in [0.2, 0.25) is 0 Å². The first-order valence-electron chi connectivity index (χ1n) is 11.3. The van der Waals surface area contributed by atoms with E-state index in [0.29, 0.717) is 24.3 Å². The largest absolute Gasteiger partial charge is 0.420 e. The van der Waals surface area contributed by atoms with Crippen LogP contribution in [0.15, 0.2) is 73.1 Å². The van der Waals surface area contributed by atoms with E-state index in [4.69, 9.17) is 4.74 Å². The summed E-state index contributed by atoms with van der Waals surface area (Å²) in [4.78, 5) is 19.1. The van der Waals surface area contributed by atoms with Crippen molar-refractivity contribution in [3.63, 3.8) is 0 Å². The molecule has 0 fully saturated rings. The summed E-state index contributed by atoms with van der Waals surface area (Å²) in [5, 5.41) is 9.30. The fraction of sp³-hybridized carbons (Fsp3) is 0.192. The molecule has 5 rings (SSSR count). The van der Waals surface area contributed by atoms with Crippen LogP contribution in [0.4, 0.5) is 23.7 Å². The van der Waals surface area contributed by atoms with Gasteiger partial charge in [-0.2, -0.15) is 18.3 Å². The van der Waals surface area contributed by atoms with Crippen molar-refractivity contribution in [1.82, 2.24) is 20.1 Å². The molecule has 1 aliphatic rings. The molecule has 4 aromatic rings. The van der Waals surface area contributed by atoms with E-state index >= 15 is 0 Å². The molecule has 0 saturated carbocycles. The minimum atomic E-state index is -4.69. The molecule has 1 aliphatic heterocycles. The maximum Gasteiger partial charge on any atom is 0.420 e. The number of alkyl halides is 3. The van der Waals surface area contributed by atoms with E-state index in [9.17, 15) is 18.0 Å². The third-order valence-corrected chi connectivity index (χ3v) is 5.98. The number of anilines is 1. The van der Waals surface area contributed by atoms with E-state index in [1.54, 1.807) is 36.4 Å². The zero-order chi connectivity index (χ0) is 25.1. The van der Waals surface area contributed by atoms with Crippen LogP contribution >= 0.6 is 0 Å². The topological polar surface area (TPSA) is 83.1 Å². The van der Waals surface area contributed by atoms with Gasteiger partial charge in [0.05, 0.1) is 12.1 Å². The van der Waals surface area contributed by atoms with Gasteiger partial charge in [0.25, 0.3) is 0 Å². The second-order valence-electron chi connectivity index (χ2n) is 8.44. The van der Waals surface area contributed by atoms with Crippen LogP contribution in [0.1, 0.15) is 22.5 Å². The number of rotatable bonds is 5. The summed E-state index contributed by atoms with van der Waals surface area (Å²) in [6.07, 6.45) is -3.46. The summed E-state index contributed by atoms with van der Waals surface area (Å²) in [7, 11) is 0. The van der Waals surface area contributed by atoms with Crippen molar-refractivity contribution in [3.8, 4) is 16.9 Å². The van der Waals surface area contributed by atoms with Crippen LogP contribution in [0.5, 0.6) is 5.75 Å². The second-order valence-corrected chi connectivity index (χ2v) is 8.44. The minimum Gasteiger partial charge on any atom is -0.409 e. The van der Waals surface area contributed by atoms with Crippen LogP contribution in [0.3, 0.4) is 0 Å². The number of H-pyrrole nitrogens is 1. The number of hydrogen-bond acceptors (Lipinski definition) is 5. The molecule has 10 heteroatoms. The molecule has 7 nitrogen and oxygen atoms in total. The van der Waals surface area contributed by atoms with Crippen molar-refractivity contribution in [2.75, 3.05) is 11.9 Å². The summed E-state index contributed by atoms with van der Waals surface area (Å²) in [6.45, 7) is 2.15. The average molecular weight is 493 g/mol. The maximum absolute atomic E-state index is 13.7. The number of ether oxygens (including phenoxy) is 1. The van der Waals surface area contributed by atoms with Crippen molar-refractivity contribution < 1.29 is 22.7 Å². The molecule has 0 spiro atoms. The summed E-state index contributed by atoms with van der Waals surface area (Å²) >= 11 is 0. The smallest absolute Gasteiger partial charge is 0.409 e. The highest BCUT2D eigenvalue weighted by Gasteiger charge is 2.36. The summed E-state index contributed by atoms with van der Waals surface area (Å²) in [5.74, 6) is 0.253. The van der Waals surface area contributed by atoms with Gasteiger partial charge in [-0.15, -0.1) is 0 Å². The number of fused-ring (bicyclic) bond motifs is 1. The van der Waals surface area contributed by atoms with Gasteiger partial charge in [-0.05, 0) is 41.3 Å². The predicted octanol–water partition coefficient (Wildman–Crippen LogP) is 5.66. The number of nitrogens with one attached hydrogen (secondary N) is 2. The molecule has 184 valence electrons. The normalized spacial score (nSPS) is 13.8. The van der Waals surface area contributed by atoms with Crippen LogP contribution in [0.2, 0.25) is 0 Å². The molecule has 0 unspecified atom stereocenters. The van der Waals surface area contributed by atoms with Crippen LogP contribution in [0, 0.1) is 0 Å². The molecular weight excluding hydrogens is 471 g/mol. The lowest BCUT2D eigenvalue weighted by atomic mass is 9.99. The number of carbonyl (C=O) groups excluding carboxylic acids is 1. The van der Waals surface area contributed by atoms with E-state index in [0.717, 1.165) is 36.0 Å². The van der Waals surface area contributed by atoms with Gasteiger partial charge in [-0.25, -0.2) is 9.78 Å². The number of aromatic nitrogens is 3. The molecule has 0 aliphatic carbocycles. The molecular formula is C26H22F3N5O2. The van der Waals surface area contributed by atoms with Crippen molar-refractivity contribution in [1.29, 1.82) is 0 Å². The quantitative estimate of drug-likeness (QED) is 0.375. The van der Waals surface area contributed by atoms with Gasteiger partial charge in [-0.1, -0.05) is 48.5 Å². The number of halogens is 3. The lowest BCUT2D eigenvalue weighted by molar-refractivity contribution is -0.138.